The van der Waals surface area contributed by atoms with Crippen molar-refractivity contribution in [1.29, 1.82) is 0 Å². The number of rotatable bonds is 6. The molecule has 8 heteroatoms. The molecule has 2 N–H and O–H groups in total. The molecular weight excluding hydrogens is 393 g/mol. The van der Waals surface area contributed by atoms with Crippen LogP contribution in [-0.2, 0) is 6.18 Å². The van der Waals surface area contributed by atoms with Crippen LogP contribution < -0.4 is 5.32 Å². The molecule has 0 aromatic heterocycles. The number of benzene rings is 2. The van der Waals surface area contributed by atoms with Crippen LogP contribution in [0.3, 0.4) is 0 Å². The number of likely N-dealkylation sites (N-methyl/N-ethyl adjacent to an activating group) is 1. The second-order valence-electron chi connectivity index (χ2n) is 6.65. The van der Waals surface area contributed by atoms with E-state index in [1.54, 1.807) is 12.1 Å². The summed E-state index contributed by atoms with van der Waals surface area (Å²) in [6.07, 6.45) is -4.00. The fourth-order valence-corrected chi connectivity index (χ4v) is 3.48. The number of carbonyl (C=O) groups excluding carboxylic acids is 1. The molecule has 0 saturated heterocycles. The van der Waals surface area contributed by atoms with Gasteiger partial charge in [0, 0.05) is 6.04 Å². The van der Waals surface area contributed by atoms with Crippen molar-refractivity contribution in [2.75, 3.05) is 14.1 Å². The Morgan fingerprint density at radius 1 is 1.21 bits per heavy atom. The molecule has 0 aliphatic rings. The molecule has 0 aliphatic carbocycles. The fourth-order valence-electron chi connectivity index (χ4n) is 3.16. The van der Waals surface area contributed by atoms with E-state index in [4.69, 9.17) is 11.6 Å². The number of alkyl halides is 3. The lowest BCUT2D eigenvalue weighted by Crippen LogP contribution is -2.43. The molecule has 28 heavy (non-hydrogen) atoms. The zero-order chi connectivity index (χ0) is 21.1. The quantitative estimate of drug-likeness (QED) is 0.708. The molecule has 152 valence electrons. The zero-order valence-corrected chi connectivity index (χ0v) is 16.5. The first-order valence-electron chi connectivity index (χ1n) is 8.68. The highest BCUT2D eigenvalue weighted by atomic mass is 35.5. The third kappa shape index (κ3) is 4.97. The van der Waals surface area contributed by atoms with Crippen LogP contribution in [-0.4, -0.2) is 36.1 Å². The Bertz CT molecular complexity index is 840. The average molecular weight is 415 g/mol. The van der Waals surface area contributed by atoms with Gasteiger partial charge in [0.1, 0.15) is 5.75 Å². The van der Waals surface area contributed by atoms with Gasteiger partial charge in [-0.1, -0.05) is 36.7 Å². The molecule has 0 unspecified atom stereocenters. The number of halogens is 4. The van der Waals surface area contributed by atoms with Crippen LogP contribution in [0.2, 0.25) is 5.02 Å². The molecule has 0 fully saturated rings. The summed E-state index contributed by atoms with van der Waals surface area (Å²) < 4.78 is 39.3. The van der Waals surface area contributed by atoms with Crippen molar-refractivity contribution in [3.05, 3.63) is 64.2 Å². The summed E-state index contributed by atoms with van der Waals surface area (Å²) >= 11 is 5.89. The summed E-state index contributed by atoms with van der Waals surface area (Å²) in [4.78, 5) is 14.7. The lowest BCUT2D eigenvalue weighted by atomic mass is 9.95. The van der Waals surface area contributed by atoms with Crippen molar-refractivity contribution in [2.45, 2.75) is 31.6 Å². The minimum atomic E-state index is -4.66. The summed E-state index contributed by atoms with van der Waals surface area (Å²) in [5, 5.41) is 12.0. The maximum Gasteiger partial charge on any atom is 0.417 e. The van der Waals surface area contributed by atoms with E-state index < -0.39 is 28.7 Å². The monoisotopic (exact) mass is 414 g/mol. The number of carbonyl (C=O) groups is 1. The van der Waals surface area contributed by atoms with E-state index in [9.17, 15) is 23.1 Å². The lowest BCUT2D eigenvalue weighted by molar-refractivity contribution is -0.137. The molecule has 1 amide bonds. The Kier molecular flexibility index (Phi) is 6.96. The highest BCUT2D eigenvalue weighted by molar-refractivity contribution is 6.34. The third-order valence-electron chi connectivity index (χ3n) is 4.53. The van der Waals surface area contributed by atoms with E-state index >= 15 is 0 Å². The standard InChI is InChI=1S/C20H22ClF3N2O2/c1-4-16(26(2)3)18(12-7-5-8-13(27)11-12)25-19(28)14-9-6-10-15(17(14)21)20(22,23)24/h5-11,16,18,27H,4H2,1-3H3,(H,25,28)/t16-,18-/m0/s1. The van der Waals surface area contributed by atoms with Crippen LogP contribution in [0, 0.1) is 0 Å². The van der Waals surface area contributed by atoms with Gasteiger partial charge in [0.2, 0.25) is 0 Å². The molecular formula is C20H22ClF3N2O2. The maximum absolute atomic E-state index is 13.1. The highest BCUT2D eigenvalue weighted by Crippen LogP contribution is 2.36. The molecule has 2 atom stereocenters. The molecule has 0 saturated carbocycles. The smallest absolute Gasteiger partial charge is 0.417 e. The van der Waals surface area contributed by atoms with Gasteiger partial charge in [-0.3, -0.25) is 4.79 Å². The number of hydrogen-bond acceptors (Lipinski definition) is 3. The summed E-state index contributed by atoms with van der Waals surface area (Å²) in [5.74, 6) is -0.688. The van der Waals surface area contributed by atoms with Gasteiger partial charge in [0.15, 0.2) is 0 Å². The van der Waals surface area contributed by atoms with Crippen molar-refractivity contribution in [3.63, 3.8) is 0 Å². The van der Waals surface area contributed by atoms with E-state index in [-0.39, 0.29) is 17.4 Å². The van der Waals surface area contributed by atoms with Crippen LogP contribution in [0.25, 0.3) is 0 Å². The van der Waals surface area contributed by atoms with Gasteiger partial charge in [0.25, 0.3) is 5.91 Å². The number of hydrogen-bond donors (Lipinski definition) is 2. The minimum Gasteiger partial charge on any atom is -0.508 e. The molecule has 2 aromatic rings. The number of amides is 1. The van der Waals surface area contributed by atoms with Crippen LogP contribution in [0.15, 0.2) is 42.5 Å². The first-order valence-corrected chi connectivity index (χ1v) is 9.06. The second kappa shape index (κ2) is 8.84. The van der Waals surface area contributed by atoms with Crippen LogP contribution in [0.4, 0.5) is 13.2 Å². The fraction of sp³-hybridized carbons (Fsp3) is 0.350. The molecule has 0 radical (unpaired) electrons. The van der Waals surface area contributed by atoms with Gasteiger partial charge in [-0.2, -0.15) is 13.2 Å². The van der Waals surface area contributed by atoms with Gasteiger partial charge in [0.05, 0.1) is 22.2 Å². The van der Waals surface area contributed by atoms with Gasteiger partial charge in [-0.25, -0.2) is 0 Å². The van der Waals surface area contributed by atoms with Crippen LogP contribution >= 0.6 is 11.6 Å². The normalized spacial score (nSPS) is 14.0. The highest BCUT2D eigenvalue weighted by Gasteiger charge is 2.35. The number of phenols is 1. The van der Waals surface area contributed by atoms with E-state index in [2.05, 4.69) is 5.32 Å². The van der Waals surface area contributed by atoms with Crippen molar-refractivity contribution < 1.29 is 23.1 Å². The zero-order valence-electron chi connectivity index (χ0n) is 15.7. The molecule has 2 rings (SSSR count). The number of aromatic hydroxyl groups is 1. The van der Waals surface area contributed by atoms with Crippen molar-refractivity contribution in [2.24, 2.45) is 0 Å². The number of phenolic OH excluding ortho intramolecular Hbond substituents is 1. The maximum atomic E-state index is 13.1. The van der Waals surface area contributed by atoms with E-state index in [0.29, 0.717) is 12.0 Å². The first kappa shape index (κ1) is 22.0. The molecule has 2 aromatic carbocycles. The minimum absolute atomic E-state index is 0.0301. The molecule has 4 nitrogen and oxygen atoms in total. The Morgan fingerprint density at radius 3 is 2.39 bits per heavy atom. The van der Waals surface area contributed by atoms with Crippen molar-refractivity contribution in [1.82, 2.24) is 10.2 Å². The van der Waals surface area contributed by atoms with Crippen molar-refractivity contribution >= 4 is 17.5 Å². The van der Waals surface area contributed by atoms with Crippen molar-refractivity contribution in [3.8, 4) is 5.75 Å². The van der Waals surface area contributed by atoms with Gasteiger partial charge in [-0.15, -0.1) is 0 Å². The predicted molar refractivity (Wildman–Crippen MR) is 103 cm³/mol. The SMILES string of the molecule is CC[C@@H]([C@@H](NC(=O)c1cccc(C(F)(F)F)c1Cl)c1cccc(O)c1)N(C)C. The number of nitrogens with zero attached hydrogens (tertiary/aromatic N) is 1. The average Bonchev–Trinajstić information content (AvgIpc) is 2.60. The Morgan fingerprint density at radius 2 is 1.86 bits per heavy atom. The van der Waals surface area contributed by atoms with E-state index in [0.717, 1.165) is 12.1 Å². The lowest BCUT2D eigenvalue weighted by Gasteiger charge is -2.33. The summed E-state index contributed by atoms with van der Waals surface area (Å²) in [6.45, 7) is 1.93. The summed E-state index contributed by atoms with van der Waals surface area (Å²) in [6, 6.07) is 8.92. The summed E-state index contributed by atoms with van der Waals surface area (Å²) in [7, 11) is 3.68. The van der Waals surface area contributed by atoms with Gasteiger partial charge in [-0.05, 0) is 50.3 Å². The molecule has 0 bridgehead atoms. The second-order valence-corrected chi connectivity index (χ2v) is 7.03. The molecule has 0 aliphatic heterocycles. The number of nitrogens with one attached hydrogen (secondary N) is 1. The summed E-state index contributed by atoms with van der Waals surface area (Å²) in [5.41, 5.74) is -0.678. The topological polar surface area (TPSA) is 52.6 Å². The molecule has 0 spiro atoms. The predicted octanol–water partition coefficient (Wildman–Crippen LogP) is 4.88. The van der Waals surface area contributed by atoms with Crippen LogP contribution in [0.5, 0.6) is 5.75 Å². The van der Waals surface area contributed by atoms with E-state index in [1.165, 1.54) is 18.2 Å². The Hall–Kier alpha value is -2.25. The largest absolute Gasteiger partial charge is 0.508 e. The van der Waals surface area contributed by atoms with E-state index in [1.807, 2.05) is 25.9 Å². The third-order valence-corrected chi connectivity index (χ3v) is 4.94. The van der Waals surface area contributed by atoms with Crippen LogP contribution in [0.1, 0.15) is 40.9 Å². The Balaban J connectivity index is 2.43. The molecule has 0 heterocycles. The first-order chi connectivity index (χ1) is 13.1. The van der Waals surface area contributed by atoms with Gasteiger partial charge < -0.3 is 15.3 Å². The Labute approximate surface area is 166 Å². The van der Waals surface area contributed by atoms with Gasteiger partial charge >= 0.3 is 6.18 Å².